The summed E-state index contributed by atoms with van der Waals surface area (Å²) in [6.45, 7) is 23.4. The van der Waals surface area contributed by atoms with Gasteiger partial charge in [0.15, 0.2) is 0 Å². The number of esters is 2. The normalized spacial score (nSPS) is 11.8. The van der Waals surface area contributed by atoms with E-state index in [0.717, 1.165) is 184 Å². The van der Waals surface area contributed by atoms with E-state index in [0.29, 0.717) is 99.2 Å². The molecule has 0 bridgehead atoms. The van der Waals surface area contributed by atoms with Gasteiger partial charge in [0.2, 0.25) is 5.36 Å². The second-order valence-electron chi connectivity index (χ2n) is 23.6. The number of halogens is 2. The molecule has 0 atom stereocenters. The van der Waals surface area contributed by atoms with E-state index in [1.54, 1.807) is 24.3 Å². The van der Waals surface area contributed by atoms with Crippen LogP contribution in [0, 0.1) is 13.8 Å². The molecule has 4 aromatic rings. The fourth-order valence-corrected chi connectivity index (χ4v) is 12.0. The fraction of sp³-hybridized carbons (Fsp3) is 0.453. The van der Waals surface area contributed by atoms with Crippen LogP contribution in [0.1, 0.15) is 196 Å². The third-order valence-electron chi connectivity index (χ3n) is 16.7. The zero-order valence-electron chi connectivity index (χ0n) is 53.8. The van der Waals surface area contributed by atoms with Crippen molar-refractivity contribution in [3.63, 3.8) is 0 Å². The van der Waals surface area contributed by atoms with E-state index in [2.05, 4.69) is 85.1 Å². The second-order valence-corrected chi connectivity index (χ2v) is 24.5. The van der Waals surface area contributed by atoms with Gasteiger partial charge in [-0.1, -0.05) is 142 Å². The Labute approximate surface area is 532 Å². The zero-order valence-corrected chi connectivity index (χ0v) is 55.3. The molecule has 2 amide bonds. The van der Waals surface area contributed by atoms with Crippen molar-refractivity contribution in [1.82, 2.24) is 4.58 Å². The molecule has 88 heavy (non-hydrogen) atoms. The molecule has 0 fully saturated rings. The van der Waals surface area contributed by atoms with Crippen LogP contribution in [0.5, 0.6) is 0 Å². The van der Waals surface area contributed by atoms with Gasteiger partial charge in [-0.3, -0.25) is 14.8 Å². The number of hydrogen-bond donors (Lipinski definition) is 0. The number of urea groups is 1. The number of rotatable bonds is 31. The molecule has 0 N–H and O–H groups in total. The summed E-state index contributed by atoms with van der Waals surface area (Å²) in [6.07, 6.45) is 17.2. The smallest absolute Gasteiger partial charge is 0.338 e. The van der Waals surface area contributed by atoms with E-state index in [-0.39, 0.29) is 6.03 Å². The minimum Gasteiger partial charge on any atom is -0.462 e. The lowest BCUT2D eigenvalue weighted by molar-refractivity contribution is 0.0489. The molecule has 4 aliphatic rings. The van der Waals surface area contributed by atoms with Crippen LogP contribution in [-0.2, 0) is 9.47 Å². The van der Waals surface area contributed by atoms with Crippen molar-refractivity contribution in [3.8, 4) is 44.9 Å². The molecule has 2 aliphatic carbocycles. The van der Waals surface area contributed by atoms with Crippen LogP contribution >= 0.6 is 23.2 Å². The second kappa shape index (κ2) is 33.0. The number of hydrogen-bond acceptors (Lipinski definition) is 8. The molecule has 0 spiro atoms. The molecule has 11 nitrogen and oxygen atoms in total. The lowest BCUT2D eigenvalue weighted by Gasteiger charge is -2.31. The zero-order chi connectivity index (χ0) is 62.7. The standard InChI is InChI=1S/C75H93Cl2N4O7/c1-10-17-24-26-41-85-73(82)57-32-28-53(76)45-61(57)71-59-34-30-55(47-67(59)87-69-49-65(78-36-19-12-3)51(8)43-63(69)71)80(39-22-15-6)75(84)81(40-23-16-7)56-31-35-60-68(48-56)88-70-50-66(79(37-20-13-4)38-21-14-5)52(9)44-64(70)72(60)62-46-54(77)29-33-58(62)74(83)86-42-27-25-18-11-2/h28-35,43-50H,10-27,36-42H2,1-9H3/q+1. The first-order valence-corrected chi connectivity index (χ1v) is 33.7. The summed E-state index contributed by atoms with van der Waals surface area (Å²) in [4.78, 5) is 53.0. The van der Waals surface area contributed by atoms with Crippen LogP contribution in [0.3, 0.4) is 0 Å². The maximum atomic E-state index is 15.9. The summed E-state index contributed by atoms with van der Waals surface area (Å²) in [5.74, 6) is 0.414. The Morgan fingerprint density at radius 1 is 0.477 bits per heavy atom. The molecule has 0 aromatic heterocycles. The summed E-state index contributed by atoms with van der Waals surface area (Å²) < 4.78 is 28.5. The van der Waals surface area contributed by atoms with Gasteiger partial charge in [0.05, 0.1) is 35.8 Å². The number of benzene rings is 6. The predicted molar refractivity (Wildman–Crippen MR) is 365 cm³/mol. The van der Waals surface area contributed by atoms with Crippen molar-refractivity contribution >= 4 is 74.5 Å². The summed E-state index contributed by atoms with van der Waals surface area (Å²) >= 11 is 13.8. The topological polar surface area (TPSA) is 118 Å². The SMILES string of the molecule is CCCCCCOC(=O)c1ccc(Cl)cc1-c1c2cc(C)c(=NCCCC)cc-2oc2cc(N(CCCC)C(=O)N(CCCC)c3ccc4c(-c5cc(Cl)ccc5C(=O)OCCCCCC)c5cc(C)c(=[N+](CCCC)CCCC)cc-5oc4c3)ccc12. The number of carbonyl (C=O) groups excluding carboxylic acids is 3. The Morgan fingerprint density at radius 3 is 1.40 bits per heavy atom. The van der Waals surface area contributed by atoms with Crippen LogP contribution in [0.4, 0.5) is 16.2 Å². The number of anilines is 2. The van der Waals surface area contributed by atoms with Gasteiger partial charge in [0.25, 0.3) is 0 Å². The molecule has 4 aromatic carbocycles. The number of carbonyl (C=O) groups is 3. The Bertz CT molecular complexity index is 3760. The van der Waals surface area contributed by atoms with Crippen molar-refractivity contribution in [1.29, 1.82) is 0 Å². The minimum atomic E-state index is -0.419. The summed E-state index contributed by atoms with van der Waals surface area (Å²) in [5, 5.41) is 4.41. The Balaban J connectivity index is 1.31. The van der Waals surface area contributed by atoms with Crippen LogP contribution in [0.15, 0.2) is 111 Å². The van der Waals surface area contributed by atoms with Crippen molar-refractivity contribution in [2.45, 2.75) is 178 Å². The average Bonchev–Trinajstić information content (AvgIpc) is 1.48. The van der Waals surface area contributed by atoms with Crippen molar-refractivity contribution in [2.24, 2.45) is 4.99 Å². The number of amides is 2. The van der Waals surface area contributed by atoms with E-state index in [9.17, 15) is 9.59 Å². The van der Waals surface area contributed by atoms with Crippen LogP contribution in [-0.4, -0.2) is 63.9 Å². The Kier molecular flexibility index (Phi) is 25.1. The highest BCUT2D eigenvalue weighted by Gasteiger charge is 2.30. The van der Waals surface area contributed by atoms with Crippen LogP contribution in [0.25, 0.3) is 66.8 Å². The van der Waals surface area contributed by atoms with E-state index >= 15 is 4.79 Å². The summed E-state index contributed by atoms with van der Waals surface area (Å²) in [7, 11) is 0. The summed E-state index contributed by atoms with van der Waals surface area (Å²) in [5.41, 5.74) is 9.79. The molecule has 0 unspecified atom stereocenters. The molecule has 13 heteroatoms. The molecule has 2 heterocycles. The van der Waals surface area contributed by atoms with Crippen molar-refractivity contribution < 1.29 is 32.7 Å². The Hall–Kier alpha value is -6.95. The largest absolute Gasteiger partial charge is 0.462 e. The molecule has 0 saturated heterocycles. The van der Waals surface area contributed by atoms with Gasteiger partial charge in [-0.15, -0.1) is 0 Å². The highest BCUT2D eigenvalue weighted by atomic mass is 35.5. The number of aryl methyl sites for hydroxylation is 2. The highest BCUT2D eigenvalue weighted by Crippen LogP contribution is 2.46. The lowest BCUT2D eigenvalue weighted by atomic mass is 9.89. The minimum absolute atomic E-state index is 0.201. The number of nitrogens with zero attached hydrogens (tertiary/aromatic N) is 4. The molecule has 0 saturated carbocycles. The van der Waals surface area contributed by atoms with Gasteiger partial charge < -0.3 is 18.3 Å². The fourth-order valence-electron chi connectivity index (χ4n) is 11.7. The van der Waals surface area contributed by atoms with E-state index in [4.69, 9.17) is 46.5 Å². The lowest BCUT2D eigenvalue weighted by Crippen LogP contribution is -2.44. The molecule has 2 aliphatic heterocycles. The van der Waals surface area contributed by atoms with Crippen molar-refractivity contribution in [3.05, 3.63) is 140 Å². The van der Waals surface area contributed by atoms with Crippen LogP contribution < -0.4 is 25.1 Å². The quantitative estimate of drug-likeness (QED) is 0.0184. The third-order valence-corrected chi connectivity index (χ3v) is 17.2. The predicted octanol–water partition coefficient (Wildman–Crippen LogP) is 20.2. The van der Waals surface area contributed by atoms with Gasteiger partial charge in [0.1, 0.15) is 35.8 Å². The molecular weight excluding hydrogens is 1140 g/mol. The average molecular weight is 1230 g/mol. The maximum absolute atomic E-state index is 15.9. The Morgan fingerprint density at radius 2 is 0.932 bits per heavy atom. The van der Waals surface area contributed by atoms with Crippen molar-refractivity contribution in [2.75, 3.05) is 55.7 Å². The van der Waals surface area contributed by atoms with E-state index in [1.165, 1.54) is 0 Å². The highest BCUT2D eigenvalue weighted by molar-refractivity contribution is 6.31. The van der Waals surface area contributed by atoms with E-state index in [1.807, 2.05) is 64.4 Å². The van der Waals surface area contributed by atoms with Gasteiger partial charge >= 0.3 is 18.0 Å². The maximum Gasteiger partial charge on any atom is 0.338 e. The van der Waals surface area contributed by atoms with Crippen LogP contribution in [0.2, 0.25) is 10.0 Å². The number of unbranched alkanes of at least 4 members (excludes halogenated alkanes) is 11. The van der Waals surface area contributed by atoms with Gasteiger partial charge in [-0.05, 0) is 135 Å². The first-order valence-electron chi connectivity index (χ1n) is 32.9. The first kappa shape index (κ1) is 67.0. The van der Waals surface area contributed by atoms with Gasteiger partial charge in [-0.25, -0.2) is 19.0 Å². The number of fused-ring (bicyclic) bond motifs is 4. The van der Waals surface area contributed by atoms with E-state index < -0.39 is 11.9 Å². The third kappa shape index (κ3) is 16.3. The number of ether oxygens (including phenoxy) is 2. The summed E-state index contributed by atoms with van der Waals surface area (Å²) in [6, 6.07) is 30.8. The molecular formula is C75H93Cl2N4O7+. The molecule has 0 radical (unpaired) electrons. The molecule has 8 rings (SSSR count). The van der Waals surface area contributed by atoms with Gasteiger partial charge in [-0.2, -0.15) is 0 Å². The van der Waals surface area contributed by atoms with Gasteiger partial charge in [0, 0.05) is 111 Å². The monoisotopic (exact) mass is 1230 g/mol. The first-order chi connectivity index (χ1) is 42.8. The molecule has 468 valence electrons.